The van der Waals surface area contributed by atoms with Crippen LogP contribution in [0, 0.1) is 0 Å². The summed E-state index contributed by atoms with van der Waals surface area (Å²) >= 11 is 0. The summed E-state index contributed by atoms with van der Waals surface area (Å²) in [5, 5.41) is 2.81. The number of anilines is 2. The molecule has 0 radical (unpaired) electrons. The quantitative estimate of drug-likeness (QED) is 0.371. The summed E-state index contributed by atoms with van der Waals surface area (Å²) in [6.45, 7) is 2.93. The van der Waals surface area contributed by atoms with Gasteiger partial charge in [-0.05, 0) is 36.4 Å². The molecule has 0 atom stereocenters. The number of ether oxygens (including phenoxy) is 2. The Balaban J connectivity index is 1.51. The van der Waals surface area contributed by atoms with E-state index < -0.39 is 17.7 Å². The molecule has 2 aromatic carbocycles. The highest BCUT2D eigenvalue weighted by Crippen LogP contribution is 2.29. The van der Waals surface area contributed by atoms with Gasteiger partial charge in [-0.1, -0.05) is 12.1 Å². The Morgan fingerprint density at radius 2 is 1.34 bits per heavy atom. The van der Waals surface area contributed by atoms with Crippen LogP contribution in [0.2, 0.25) is 0 Å². The molecule has 1 fully saturated rings. The van der Waals surface area contributed by atoms with Crippen LogP contribution in [0.25, 0.3) is 0 Å². The Hall–Kier alpha value is -3.94. The van der Waals surface area contributed by atoms with E-state index in [1.165, 1.54) is 20.0 Å². The summed E-state index contributed by atoms with van der Waals surface area (Å²) in [5.74, 6) is -3.66. The zero-order valence-corrected chi connectivity index (χ0v) is 15.6. The van der Waals surface area contributed by atoms with Crippen molar-refractivity contribution < 1.29 is 28.7 Å². The first-order valence-corrected chi connectivity index (χ1v) is 8.78. The molecule has 0 aliphatic carbocycles. The van der Waals surface area contributed by atoms with Gasteiger partial charge in [-0.3, -0.25) is 9.59 Å². The number of nitrogens with one attached hydrogen (secondary N) is 1. The molecular weight excluding hydrogens is 376 g/mol. The molecule has 8 nitrogen and oxygen atoms in total. The molecule has 8 heteroatoms. The van der Waals surface area contributed by atoms with Crippen molar-refractivity contribution >= 4 is 35.1 Å². The van der Waals surface area contributed by atoms with Gasteiger partial charge in [-0.15, -0.1) is 0 Å². The molecule has 2 aliphatic rings. The van der Waals surface area contributed by atoms with E-state index >= 15 is 0 Å². The van der Waals surface area contributed by atoms with Gasteiger partial charge < -0.3 is 14.8 Å². The molecule has 146 valence electrons. The van der Waals surface area contributed by atoms with Gasteiger partial charge in [0, 0.05) is 25.7 Å². The molecule has 2 aromatic rings. The predicted molar refractivity (Wildman–Crippen MR) is 102 cm³/mol. The maximum atomic E-state index is 12.5. The average Bonchev–Trinajstić information content (AvgIpc) is 2.92. The molecule has 2 aliphatic heterocycles. The van der Waals surface area contributed by atoms with Crippen LogP contribution in [0.3, 0.4) is 0 Å². The lowest BCUT2D eigenvalue weighted by molar-refractivity contribution is -0.222. The summed E-state index contributed by atoms with van der Waals surface area (Å²) in [7, 11) is 0. The first-order valence-electron chi connectivity index (χ1n) is 8.78. The molecule has 0 unspecified atom stereocenters. The molecule has 0 saturated carbocycles. The minimum Gasteiger partial charge on any atom is -0.419 e. The van der Waals surface area contributed by atoms with Crippen LogP contribution in [0.15, 0.2) is 60.3 Å². The largest absolute Gasteiger partial charge is 0.419 e. The van der Waals surface area contributed by atoms with Gasteiger partial charge >= 0.3 is 11.9 Å². The number of benzene rings is 2. The number of carbonyl (C=O) groups excluding carboxylic acids is 4. The summed E-state index contributed by atoms with van der Waals surface area (Å²) in [5.41, 5.74) is 1.40. The van der Waals surface area contributed by atoms with Crippen LogP contribution < -0.4 is 10.2 Å². The molecule has 0 bridgehead atoms. The van der Waals surface area contributed by atoms with Gasteiger partial charge in [0.05, 0.1) is 16.8 Å². The van der Waals surface area contributed by atoms with E-state index in [1.54, 1.807) is 48.5 Å². The summed E-state index contributed by atoms with van der Waals surface area (Å²) in [4.78, 5) is 50.0. The summed E-state index contributed by atoms with van der Waals surface area (Å²) in [6.07, 6.45) is 1.19. The highest BCUT2D eigenvalue weighted by Gasteiger charge is 2.39. The number of imide groups is 1. The SMILES string of the molecule is CC1(C)OC(=O)C(=CNc2ccc(N3C(=O)c4ccccc4C3=O)cc2)C(=O)O1. The van der Waals surface area contributed by atoms with Gasteiger partial charge in [0.15, 0.2) is 5.57 Å². The van der Waals surface area contributed by atoms with Gasteiger partial charge in [-0.25, -0.2) is 14.5 Å². The molecule has 1 N–H and O–H groups in total. The zero-order chi connectivity index (χ0) is 20.8. The topological polar surface area (TPSA) is 102 Å². The number of amides is 2. The normalized spacial score (nSPS) is 17.6. The third-order valence-corrected chi connectivity index (χ3v) is 4.42. The number of hydrogen-bond donors (Lipinski definition) is 1. The fourth-order valence-corrected chi connectivity index (χ4v) is 3.06. The molecule has 0 aromatic heterocycles. The Morgan fingerprint density at radius 1 is 0.828 bits per heavy atom. The van der Waals surface area contributed by atoms with Crippen molar-refractivity contribution in [3.8, 4) is 0 Å². The number of fused-ring (bicyclic) bond motifs is 1. The van der Waals surface area contributed by atoms with Crippen molar-refractivity contribution in [3.63, 3.8) is 0 Å². The molecule has 29 heavy (non-hydrogen) atoms. The lowest BCUT2D eigenvalue weighted by Crippen LogP contribution is -2.42. The first-order chi connectivity index (χ1) is 13.8. The fourth-order valence-electron chi connectivity index (χ4n) is 3.06. The highest BCUT2D eigenvalue weighted by molar-refractivity contribution is 6.34. The Labute approximate surface area is 165 Å². The minimum atomic E-state index is -1.31. The third-order valence-electron chi connectivity index (χ3n) is 4.42. The number of esters is 2. The second-order valence-corrected chi connectivity index (χ2v) is 6.92. The lowest BCUT2D eigenvalue weighted by atomic mass is 10.1. The van der Waals surface area contributed by atoms with Crippen molar-refractivity contribution in [1.29, 1.82) is 0 Å². The number of cyclic esters (lactones) is 2. The summed E-state index contributed by atoms with van der Waals surface area (Å²) in [6, 6.07) is 13.0. The second kappa shape index (κ2) is 6.59. The van der Waals surface area contributed by atoms with E-state index in [0.29, 0.717) is 22.5 Å². The first kappa shape index (κ1) is 18.4. The summed E-state index contributed by atoms with van der Waals surface area (Å²) < 4.78 is 10.0. The monoisotopic (exact) mass is 392 g/mol. The Kier molecular flexibility index (Phi) is 4.19. The van der Waals surface area contributed by atoms with E-state index in [9.17, 15) is 19.2 Å². The van der Waals surface area contributed by atoms with Crippen molar-refractivity contribution in [2.75, 3.05) is 10.2 Å². The van der Waals surface area contributed by atoms with Gasteiger partial charge in [0.2, 0.25) is 0 Å². The molecule has 2 amide bonds. The van der Waals surface area contributed by atoms with Gasteiger partial charge in [-0.2, -0.15) is 0 Å². The lowest BCUT2D eigenvalue weighted by Gasteiger charge is -2.29. The number of carbonyl (C=O) groups is 4. The van der Waals surface area contributed by atoms with Crippen LogP contribution in [-0.2, 0) is 19.1 Å². The Morgan fingerprint density at radius 3 is 1.86 bits per heavy atom. The molecule has 0 spiro atoms. The van der Waals surface area contributed by atoms with E-state index in [0.717, 1.165) is 4.90 Å². The maximum absolute atomic E-state index is 12.5. The minimum absolute atomic E-state index is 0.270. The van der Waals surface area contributed by atoms with Crippen molar-refractivity contribution in [2.24, 2.45) is 0 Å². The third kappa shape index (κ3) is 3.25. The highest BCUT2D eigenvalue weighted by atomic mass is 16.7. The maximum Gasteiger partial charge on any atom is 0.350 e. The zero-order valence-electron chi connectivity index (χ0n) is 15.6. The molecule has 1 saturated heterocycles. The molecular formula is C21H16N2O6. The van der Waals surface area contributed by atoms with Crippen molar-refractivity contribution in [2.45, 2.75) is 19.6 Å². The van der Waals surface area contributed by atoms with Gasteiger partial charge in [0.25, 0.3) is 17.6 Å². The second-order valence-electron chi connectivity index (χ2n) is 6.92. The van der Waals surface area contributed by atoms with E-state index in [1.807, 2.05) is 0 Å². The van der Waals surface area contributed by atoms with Crippen LogP contribution in [-0.4, -0.2) is 29.5 Å². The smallest absolute Gasteiger partial charge is 0.350 e. The van der Waals surface area contributed by atoms with Crippen LogP contribution >= 0.6 is 0 Å². The van der Waals surface area contributed by atoms with Crippen LogP contribution in [0.4, 0.5) is 11.4 Å². The van der Waals surface area contributed by atoms with E-state index in [-0.39, 0.29) is 17.4 Å². The average molecular weight is 392 g/mol. The van der Waals surface area contributed by atoms with Crippen LogP contribution in [0.1, 0.15) is 34.6 Å². The standard InChI is InChI=1S/C21H16N2O6/c1-21(2)28-19(26)16(20(27)29-21)11-22-12-7-9-13(10-8-12)23-17(24)14-5-3-4-6-15(14)18(23)25/h3-11,22H,1-2H3. The number of hydrogen-bond acceptors (Lipinski definition) is 7. The van der Waals surface area contributed by atoms with Crippen molar-refractivity contribution in [1.82, 2.24) is 0 Å². The molecule has 2 heterocycles. The number of nitrogens with zero attached hydrogens (tertiary/aromatic N) is 1. The van der Waals surface area contributed by atoms with E-state index in [4.69, 9.17) is 9.47 Å². The van der Waals surface area contributed by atoms with Crippen molar-refractivity contribution in [3.05, 3.63) is 71.4 Å². The van der Waals surface area contributed by atoms with Crippen LogP contribution in [0.5, 0.6) is 0 Å². The molecule has 4 rings (SSSR count). The van der Waals surface area contributed by atoms with E-state index in [2.05, 4.69) is 5.32 Å². The Bertz CT molecular complexity index is 1030. The number of rotatable bonds is 3. The van der Waals surface area contributed by atoms with Gasteiger partial charge in [0.1, 0.15) is 0 Å². The fraction of sp³-hybridized carbons (Fsp3) is 0.143. The predicted octanol–water partition coefficient (Wildman–Crippen LogP) is 2.62.